The predicted molar refractivity (Wildman–Crippen MR) is 96.0 cm³/mol. The van der Waals surface area contributed by atoms with Gasteiger partial charge in [0.15, 0.2) is 0 Å². The Morgan fingerprint density at radius 2 is 1.90 bits per heavy atom. The van der Waals surface area contributed by atoms with Gasteiger partial charge in [0.2, 0.25) is 0 Å². The quantitative estimate of drug-likeness (QED) is 0.528. The molecule has 21 heavy (non-hydrogen) atoms. The van der Waals surface area contributed by atoms with E-state index in [-0.39, 0.29) is 6.61 Å². The Morgan fingerprint density at radius 1 is 1.14 bits per heavy atom. The van der Waals surface area contributed by atoms with Gasteiger partial charge in [-0.2, -0.15) is 0 Å². The maximum Gasteiger partial charge on any atom is 0.0630 e. The van der Waals surface area contributed by atoms with Gasteiger partial charge >= 0.3 is 0 Å². The highest BCUT2D eigenvalue weighted by Crippen LogP contribution is 2.36. The summed E-state index contributed by atoms with van der Waals surface area (Å²) in [7, 11) is 0. The Hall–Kier alpha value is -1.14. The zero-order valence-electron chi connectivity index (χ0n) is 11.6. The van der Waals surface area contributed by atoms with Gasteiger partial charge < -0.3 is 5.11 Å². The van der Waals surface area contributed by atoms with Gasteiger partial charge in [0.05, 0.1) is 9.90 Å². The lowest BCUT2D eigenvalue weighted by atomic mass is 10.1. The maximum absolute atomic E-state index is 8.90. The number of aliphatic imine (C=N–C) groups is 1. The van der Waals surface area contributed by atoms with E-state index in [4.69, 9.17) is 5.11 Å². The summed E-state index contributed by atoms with van der Waals surface area (Å²) in [5.41, 5.74) is 2.08. The van der Waals surface area contributed by atoms with Gasteiger partial charge in [0.1, 0.15) is 0 Å². The largest absolute Gasteiger partial charge is 0.396 e. The number of rotatable bonds is 5. The molecule has 0 spiro atoms. The fourth-order valence-corrected chi connectivity index (χ4v) is 4.94. The standard InChI is InChI=1S/C16H15NOS3/c1-19-16-9-15-14(21-16)8-13(20-15)10-17-12-4-2-11(3-5-12)6-7-18/h2-5,8-10,18H,6-7H2,1H3. The lowest BCUT2D eigenvalue weighted by Gasteiger charge is -1.98. The number of aliphatic hydroxyl groups excluding tert-OH is 1. The van der Waals surface area contributed by atoms with E-state index in [1.165, 1.54) is 18.5 Å². The first kappa shape index (κ1) is 14.8. The third-order valence-electron chi connectivity index (χ3n) is 3.08. The van der Waals surface area contributed by atoms with Crippen LogP contribution >= 0.6 is 34.4 Å². The summed E-state index contributed by atoms with van der Waals surface area (Å²) < 4.78 is 4.03. The fourth-order valence-electron chi connectivity index (χ4n) is 2.01. The van der Waals surface area contributed by atoms with Crippen LogP contribution in [0.5, 0.6) is 0 Å². The average molecular weight is 334 g/mol. The molecule has 0 unspecified atom stereocenters. The smallest absolute Gasteiger partial charge is 0.0630 e. The van der Waals surface area contributed by atoms with E-state index in [9.17, 15) is 0 Å². The molecule has 2 heterocycles. The van der Waals surface area contributed by atoms with Crippen molar-refractivity contribution in [3.63, 3.8) is 0 Å². The van der Waals surface area contributed by atoms with Crippen LogP contribution < -0.4 is 0 Å². The predicted octanol–water partition coefficient (Wildman–Crippen LogP) is 4.97. The minimum absolute atomic E-state index is 0.187. The molecule has 0 aliphatic heterocycles. The molecule has 5 heteroatoms. The van der Waals surface area contributed by atoms with Crippen molar-refractivity contribution in [2.45, 2.75) is 10.6 Å². The van der Waals surface area contributed by atoms with Gasteiger partial charge in [-0.15, -0.1) is 34.4 Å². The second-order valence-electron chi connectivity index (χ2n) is 4.55. The minimum atomic E-state index is 0.187. The van der Waals surface area contributed by atoms with Crippen molar-refractivity contribution < 1.29 is 5.11 Å². The molecule has 0 fully saturated rings. The summed E-state index contributed by atoms with van der Waals surface area (Å²) in [5, 5.41) is 8.90. The Labute approximate surface area is 136 Å². The summed E-state index contributed by atoms with van der Waals surface area (Å²) in [6, 6.07) is 12.5. The van der Waals surface area contributed by atoms with Crippen LogP contribution in [0.15, 0.2) is 45.6 Å². The number of hydrogen-bond acceptors (Lipinski definition) is 5. The molecular weight excluding hydrogens is 318 g/mol. The molecule has 0 atom stereocenters. The molecule has 0 aliphatic rings. The van der Waals surface area contributed by atoms with Crippen LogP contribution in [0.3, 0.4) is 0 Å². The normalized spacial score (nSPS) is 11.7. The molecule has 3 rings (SSSR count). The molecule has 0 aliphatic carbocycles. The molecule has 1 N–H and O–H groups in total. The number of benzene rings is 1. The third-order valence-corrected chi connectivity index (χ3v) is 6.38. The first-order valence-corrected chi connectivity index (χ1v) is 9.45. The molecule has 0 saturated carbocycles. The summed E-state index contributed by atoms with van der Waals surface area (Å²) in [5.74, 6) is 0. The maximum atomic E-state index is 8.90. The van der Waals surface area contributed by atoms with Crippen LogP contribution in [0.2, 0.25) is 0 Å². The molecule has 0 saturated heterocycles. The van der Waals surface area contributed by atoms with Crippen LogP contribution in [0.4, 0.5) is 5.69 Å². The van der Waals surface area contributed by atoms with Gasteiger partial charge in [-0.3, -0.25) is 4.99 Å². The molecule has 0 bridgehead atoms. The van der Waals surface area contributed by atoms with E-state index in [1.54, 1.807) is 23.1 Å². The van der Waals surface area contributed by atoms with Gasteiger partial charge in [0, 0.05) is 27.1 Å². The van der Waals surface area contributed by atoms with Crippen LogP contribution in [0.1, 0.15) is 10.4 Å². The van der Waals surface area contributed by atoms with Gasteiger partial charge in [-0.05, 0) is 42.5 Å². The van der Waals surface area contributed by atoms with Crippen LogP contribution in [0, 0.1) is 0 Å². The zero-order chi connectivity index (χ0) is 14.7. The van der Waals surface area contributed by atoms with E-state index in [0.29, 0.717) is 6.42 Å². The molecule has 0 amide bonds. The molecule has 2 nitrogen and oxygen atoms in total. The lowest BCUT2D eigenvalue weighted by molar-refractivity contribution is 0.299. The van der Waals surface area contributed by atoms with Gasteiger partial charge in [0.25, 0.3) is 0 Å². The van der Waals surface area contributed by atoms with Crippen LogP contribution in [-0.4, -0.2) is 24.2 Å². The number of nitrogens with zero attached hydrogens (tertiary/aromatic N) is 1. The molecular formula is C16H15NOS3. The van der Waals surface area contributed by atoms with Gasteiger partial charge in [-0.1, -0.05) is 12.1 Å². The van der Waals surface area contributed by atoms with Crippen molar-refractivity contribution in [2.24, 2.45) is 4.99 Å². The van der Waals surface area contributed by atoms with Crippen molar-refractivity contribution in [1.82, 2.24) is 0 Å². The van der Waals surface area contributed by atoms with E-state index >= 15 is 0 Å². The average Bonchev–Trinajstić information content (AvgIpc) is 3.04. The number of thiophene rings is 2. The van der Waals surface area contributed by atoms with E-state index in [1.807, 2.05) is 41.8 Å². The monoisotopic (exact) mass is 333 g/mol. The van der Waals surface area contributed by atoms with Crippen molar-refractivity contribution in [1.29, 1.82) is 0 Å². The molecule has 3 aromatic rings. The Balaban J connectivity index is 1.75. The third kappa shape index (κ3) is 3.55. The second kappa shape index (κ2) is 6.75. The minimum Gasteiger partial charge on any atom is -0.396 e. The topological polar surface area (TPSA) is 32.6 Å². The number of aliphatic hydroxyl groups is 1. The Kier molecular flexibility index (Phi) is 4.75. The Bertz CT molecular complexity index is 724. The lowest BCUT2D eigenvalue weighted by Crippen LogP contribution is -1.88. The Morgan fingerprint density at radius 3 is 2.57 bits per heavy atom. The van der Waals surface area contributed by atoms with Crippen molar-refractivity contribution in [3.8, 4) is 0 Å². The number of hydrogen-bond donors (Lipinski definition) is 1. The van der Waals surface area contributed by atoms with Crippen molar-refractivity contribution >= 4 is 55.7 Å². The van der Waals surface area contributed by atoms with Crippen LogP contribution in [-0.2, 0) is 6.42 Å². The van der Waals surface area contributed by atoms with Crippen molar-refractivity contribution in [3.05, 3.63) is 46.8 Å². The highest BCUT2D eigenvalue weighted by Gasteiger charge is 2.05. The molecule has 1 aromatic carbocycles. The zero-order valence-corrected chi connectivity index (χ0v) is 14.0. The summed E-state index contributed by atoms with van der Waals surface area (Å²) in [6.45, 7) is 0.187. The molecule has 2 aromatic heterocycles. The first-order chi connectivity index (χ1) is 10.3. The summed E-state index contributed by atoms with van der Waals surface area (Å²) >= 11 is 5.41. The molecule has 0 radical (unpaired) electrons. The van der Waals surface area contributed by atoms with E-state index < -0.39 is 0 Å². The van der Waals surface area contributed by atoms with Crippen LogP contribution in [0.25, 0.3) is 9.40 Å². The second-order valence-corrected chi connectivity index (χ2v) is 7.85. The number of fused-ring (bicyclic) bond motifs is 1. The first-order valence-electron chi connectivity index (χ1n) is 6.60. The van der Waals surface area contributed by atoms with Gasteiger partial charge in [-0.25, -0.2) is 0 Å². The fraction of sp³-hybridized carbons (Fsp3) is 0.188. The van der Waals surface area contributed by atoms with E-state index in [2.05, 4.69) is 23.4 Å². The highest BCUT2D eigenvalue weighted by atomic mass is 32.2. The number of thioether (sulfide) groups is 1. The SMILES string of the molecule is CSc1cc2sc(C=Nc3ccc(CCO)cc3)cc2s1. The summed E-state index contributed by atoms with van der Waals surface area (Å²) in [6.07, 6.45) is 4.73. The van der Waals surface area contributed by atoms with E-state index in [0.717, 1.165) is 11.3 Å². The van der Waals surface area contributed by atoms with Crippen molar-refractivity contribution in [2.75, 3.05) is 12.9 Å². The summed E-state index contributed by atoms with van der Waals surface area (Å²) in [4.78, 5) is 5.70. The highest BCUT2D eigenvalue weighted by molar-refractivity contribution is 8.00. The molecule has 108 valence electrons.